The highest BCUT2D eigenvalue weighted by atomic mass is 16.2. The summed E-state index contributed by atoms with van der Waals surface area (Å²) in [4.78, 5) is 16.5. The Balaban J connectivity index is 1.49. The van der Waals surface area contributed by atoms with Gasteiger partial charge in [0.15, 0.2) is 0 Å². The summed E-state index contributed by atoms with van der Waals surface area (Å²) in [5.41, 5.74) is 0. The van der Waals surface area contributed by atoms with Gasteiger partial charge < -0.3 is 10.2 Å². The molecule has 0 aromatic heterocycles. The van der Waals surface area contributed by atoms with Crippen LogP contribution in [0.15, 0.2) is 0 Å². The first-order valence-electron chi connectivity index (χ1n) is 6.58. The molecular weight excluding hydrogens is 202 g/mol. The third-order valence-corrected chi connectivity index (χ3v) is 4.10. The van der Waals surface area contributed by atoms with Crippen LogP contribution in [-0.2, 0) is 4.79 Å². The lowest BCUT2D eigenvalue weighted by Crippen LogP contribution is -2.52. The molecule has 0 spiro atoms. The van der Waals surface area contributed by atoms with Crippen molar-refractivity contribution in [3.8, 4) is 0 Å². The minimum Gasteiger partial charge on any atom is -0.340 e. The largest absolute Gasteiger partial charge is 0.340 e. The smallest absolute Gasteiger partial charge is 0.225 e. The molecular formula is C12H21N3O. The van der Waals surface area contributed by atoms with Crippen molar-refractivity contribution in [1.29, 1.82) is 0 Å². The van der Waals surface area contributed by atoms with Crippen molar-refractivity contribution in [3.63, 3.8) is 0 Å². The van der Waals surface area contributed by atoms with E-state index in [1.807, 2.05) is 0 Å². The highest BCUT2D eigenvalue weighted by Gasteiger charge is 2.35. The fourth-order valence-electron chi connectivity index (χ4n) is 2.85. The lowest BCUT2D eigenvalue weighted by molar-refractivity contribution is -0.134. The van der Waals surface area contributed by atoms with E-state index in [2.05, 4.69) is 15.1 Å². The lowest BCUT2D eigenvalue weighted by Gasteiger charge is -2.37. The average molecular weight is 223 g/mol. The number of hydrogen-bond donors (Lipinski definition) is 1. The molecule has 1 atom stereocenters. The van der Waals surface area contributed by atoms with Crippen molar-refractivity contribution in [3.05, 3.63) is 0 Å². The van der Waals surface area contributed by atoms with Crippen molar-refractivity contribution in [2.45, 2.75) is 25.3 Å². The summed E-state index contributed by atoms with van der Waals surface area (Å²) >= 11 is 0. The maximum Gasteiger partial charge on any atom is 0.225 e. The van der Waals surface area contributed by atoms with Crippen LogP contribution >= 0.6 is 0 Å². The van der Waals surface area contributed by atoms with Gasteiger partial charge in [-0.05, 0) is 25.8 Å². The first-order valence-corrected chi connectivity index (χ1v) is 6.58. The number of carbonyl (C=O) groups excluding carboxylic acids is 1. The molecule has 4 heteroatoms. The molecule has 2 saturated heterocycles. The van der Waals surface area contributed by atoms with E-state index >= 15 is 0 Å². The van der Waals surface area contributed by atoms with Crippen LogP contribution in [0.25, 0.3) is 0 Å². The summed E-state index contributed by atoms with van der Waals surface area (Å²) in [5.74, 6) is 0.809. The maximum absolute atomic E-state index is 11.9. The Bertz CT molecular complexity index is 263. The molecule has 0 aromatic rings. The second-order valence-electron chi connectivity index (χ2n) is 5.28. The summed E-state index contributed by atoms with van der Waals surface area (Å²) in [6.07, 6.45) is 3.54. The fraction of sp³-hybridized carbons (Fsp3) is 0.917. The molecule has 0 bridgehead atoms. The number of amides is 1. The Hall–Kier alpha value is -0.610. The topological polar surface area (TPSA) is 35.6 Å². The van der Waals surface area contributed by atoms with Crippen LogP contribution in [0.5, 0.6) is 0 Å². The number of rotatable bonds is 2. The van der Waals surface area contributed by atoms with Gasteiger partial charge in [-0.3, -0.25) is 9.69 Å². The Morgan fingerprint density at radius 1 is 1.06 bits per heavy atom. The molecule has 0 radical (unpaired) electrons. The van der Waals surface area contributed by atoms with E-state index in [1.54, 1.807) is 0 Å². The van der Waals surface area contributed by atoms with E-state index in [1.165, 1.54) is 6.42 Å². The highest BCUT2D eigenvalue weighted by molar-refractivity contribution is 5.81. The van der Waals surface area contributed by atoms with Crippen LogP contribution in [0.2, 0.25) is 0 Å². The summed E-state index contributed by atoms with van der Waals surface area (Å²) in [6, 6.07) is 0.721. The molecule has 4 nitrogen and oxygen atoms in total. The van der Waals surface area contributed by atoms with E-state index in [-0.39, 0.29) is 0 Å². The van der Waals surface area contributed by atoms with Gasteiger partial charge in [-0.15, -0.1) is 0 Å². The van der Waals surface area contributed by atoms with Gasteiger partial charge >= 0.3 is 0 Å². The van der Waals surface area contributed by atoms with Gasteiger partial charge in [0.1, 0.15) is 0 Å². The molecule has 1 amide bonds. The van der Waals surface area contributed by atoms with Gasteiger partial charge in [0, 0.05) is 44.7 Å². The molecule has 16 heavy (non-hydrogen) atoms. The summed E-state index contributed by atoms with van der Waals surface area (Å²) in [7, 11) is 0. The molecule has 0 unspecified atom stereocenters. The van der Waals surface area contributed by atoms with E-state index in [4.69, 9.17) is 0 Å². The number of nitrogens with zero attached hydrogens (tertiary/aromatic N) is 2. The Kier molecular flexibility index (Phi) is 2.86. The van der Waals surface area contributed by atoms with E-state index < -0.39 is 0 Å². The van der Waals surface area contributed by atoms with Crippen LogP contribution in [0.1, 0.15) is 19.3 Å². The SMILES string of the molecule is O=C(C1CC1)N1CCN([C@H]2CCNC2)CC1. The van der Waals surface area contributed by atoms with Crippen LogP contribution in [0.4, 0.5) is 0 Å². The molecule has 3 aliphatic rings. The number of piperazine rings is 1. The molecule has 1 N–H and O–H groups in total. The van der Waals surface area contributed by atoms with Gasteiger partial charge in [-0.25, -0.2) is 0 Å². The maximum atomic E-state index is 11.9. The molecule has 3 fully saturated rings. The Labute approximate surface area is 97.0 Å². The third kappa shape index (κ3) is 2.09. The molecule has 1 saturated carbocycles. The quantitative estimate of drug-likeness (QED) is 0.710. The van der Waals surface area contributed by atoms with Crippen LogP contribution in [0.3, 0.4) is 0 Å². The lowest BCUT2D eigenvalue weighted by atomic mass is 10.2. The van der Waals surface area contributed by atoms with Crippen molar-refractivity contribution in [2.75, 3.05) is 39.3 Å². The second kappa shape index (κ2) is 4.34. The monoisotopic (exact) mass is 223 g/mol. The van der Waals surface area contributed by atoms with Crippen molar-refractivity contribution < 1.29 is 4.79 Å². The standard InChI is InChI=1S/C12H21N3O/c16-12(10-1-2-10)15-7-5-14(6-8-15)11-3-4-13-9-11/h10-11,13H,1-9H2/t11-/m0/s1. The molecule has 90 valence electrons. The Morgan fingerprint density at radius 3 is 2.38 bits per heavy atom. The van der Waals surface area contributed by atoms with Gasteiger partial charge in [-0.2, -0.15) is 0 Å². The molecule has 3 rings (SSSR count). The number of carbonyl (C=O) groups is 1. The number of hydrogen-bond acceptors (Lipinski definition) is 3. The first-order chi connectivity index (χ1) is 7.84. The second-order valence-corrected chi connectivity index (χ2v) is 5.28. The van der Waals surface area contributed by atoms with Gasteiger partial charge in [0.05, 0.1) is 0 Å². The summed E-state index contributed by atoms with van der Waals surface area (Å²) in [6.45, 7) is 6.34. The molecule has 1 aliphatic carbocycles. The zero-order valence-corrected chi connectivity index (χ0v) is 9.82. The van der Waals surface area contributed by atoms with Crippen molar-refractivity contribution in [2.24, 2.45) is 5.92 Å². The van der Waals surface area contributed by atoms with Crippen LogP contribution in [0, 0.1) is 5.92 Å². The van der Waals surface area contributed by atoms with Crippen LogP contribution < -0.4 is 5.32 Å². The first kappa shape index (κ1) is 10.5. The predicted octanol–water partition coefficient (Wildman–Crippen LogP) is -0.0975. The zero-order chi connectivity index (χ0) is 11.0. The summed E-state index contributed by atoms with van der Waals surface area (Å²) in [5, 5.41) is 3.41. The average Bonchev–Trinajstić information content (AvgIpc) is 3.04. The molecule has 2 heterocycles. The van der Waals surface area contributed by atoms with Crippen molar-refractivity contribution in [1.82, 2.24) is 15.1 Å². The summed E-state index contributed by atoms with van der Waals surface area (Å²) < 4.78 is 0. The van der Waals surface area contributed by atoms with E-state index in [0.717, 1.165) is 58.2 Å². The van der Waals surface area contributed by atoms with E-state index in [9.17, 15) is 4.79 Å². The fourth-order valence-corrected chi connectivity index (χ4v) is 2.85. The van der Waals surface area contributed by atoms with Gasteiger partial charge in [-0.1, -0.05) is 0 Å². The van der Waals surface area contributed by atoms with Crippen LogP contribution in [-0.4, -0.2) is 61.0 Å². The van der Waals surface area contributed by atoms with Crippen molar-refractivity contribution >= 4 is 5.91 Å². The molecule has 0 aromatic carbocycles. The minimum atomic E-state index is 0.389. The highest BCUT2D eigenvalue weighted by Crippen LogP contribution is 2.31. The van der Waals surface area contributed by atoms with Gasteiger partial charge in [0.2, 0.25) is 5.91 Å². The zero-order valence-electron chi connectivity index (χ0n) is 9.82. The van der Waals surface area contributed by atoms with Gasteiger partial charge in [0.25, 0.3) is 0 Å². The van der Waals surface area contributed by atoms with E-state index in [0.29, 0.717) is 11.8 Å². The predicted molar refractivity (Wildman–Crippen MR) is 62.2 cm³/mol. The normalized spacial score (nSPS) is 32.0. The minimum absolute atomic E-state index is 0.389. The number of nitrogens with one attached hydrogen (secondary N) is 1. The third-order valence-electron chi connectivity index (χ3n) is 4.10. The Morgan fingerprint density at radius 2 is 1.81 bits per heavy atom. The molecule has 2 aliphatic heterocycles.